The molecule has 102 valence electrons. The first-order valence-electron chi connectivity index (χ1n) is 7.01. The fourth-order valence-electron chi connectivity index (χ4n) is 3.07. The van der Waals surface area contributed by atoms with E-state index in [4.69, 9.17) is 4.42 Å². The highest BCUT2D eigenvalue weighted by atomic mass is 19.1. The van der Waals surface area contributed by atoms with Gasteiger partial charge < -0.3 is 9.73 Å². The molecule has 1 aromatic carbocycles. The average molecular weight is 262 g/mol. The number of benzene rings is 1. The molecule has 1 aliphatic heterocycles. The predicted octanol–water partition coefficient (Wildman–Crippen LogP) is 3.39. The third kappa shape index (κ3) is 2.25. The van der Waals surface area contributed by atoms with Crippen LogP contribution >= 0.6 is 0 Å². The fourth-order valence-corrected chi connectivity index (χ4v) is 3.07. The van der Waals surface area contributed by atoms with Crippen LogP contribution in [0.5, 0.6) is 0 Å². The van der Waals surface area contributed by atoms with Crippen molar-refractivity contribution < 1.29 is 8.81 Å². The molecule has 3 nitrogen and oxygen atoms in total. The zero-order valence-corrected chi connectivity index (χ0v) is 11.2. The summed E-state index contributed by atoms with van der Waals surface area (Å²) in [6.45, 7) is 4.13. The molecule has 0 spiro atoms. The summed E-state index contributed by atoms with van der Waals surface area (Å²) in [6.07, 6.45) is 4.36. The molecule has 19 heavy (non-hydrogen) atoms. The Balaban J connectivity index is 2.04. The molecule has 1 saturated heterocycles. The summed E-state index contributed by atoms with van der Waals surface area (Å²) in [7, 11) is 0. The van der Waals surface area contributed by atoms with Gasteiger partial charge in [-0.05, 0) is 37.9 Å². The van der Waals surface area contributed by atoms with E-state index < -0.39 is 0 Å². The molecule has 1 aliphatic rings. The Morgan fingerprint density at radius 3 is 3.11 bits per heavy atom. The van der Waals surface area contributed by atoms with E-state index >= 15 is 0 Å². The number of nitrogens with one attached hydrogen (secondary N) is 1. The first-order chi connectivity index (χ1) is 9.23. The molecule has 0 saturated carbocycles. The lowest BCUT2D eigenvalue weighted by Gasteiger charge is -2.34. The van der Waals surface area contributed by atoms with Gasteiger partial charge >= 0.3 is 0 Å². The average Bonchev–Trinajstić information content (AvgIpc) is 2.83. The number of hydrogen-bond donors (Lipinski definition) is 1. The second-order valence-corrected chi connectivity index (χ2v) is 5.44. The lowest BCUT2D eigenvalue weighted by atomic mass is 9.77. The highest BCUT2D eigenvalue weighted by molar-refractivity contribution is 5.72. The lowest BCUT2D eigenvalue weighted by molar-refractivity contribution is 0.239. The van der Waals surface area contributed by atoms with Gasteiger partial charge in [-0.15, -0.1) is 0 Å². The van der Waals surface area contributed by atoms with Gasteiger partial charge in [0, 0.05) is 12.6 Å². The summed E-state index contributed by atoms with van der Waals surface area (Å²) in [5, 5.41) is 3.44. The van der Waals surface area contributed by atoms with Crippen LogP contribution in [0.4, 0.5) is 4.39 Å². The molecule has 1 fully saturated rings. The minimum Gasteiger partial charge on any atom is -0.440 e. The molecular formula is C15H19FN2O. The van der Waals surface area contributed by atoms with Gasteiger partial charge in [-0.2, -0.15) is 0 Å². The zero-order chi connectivity index (χ0) is 13.3. The Morgan fingerprint density at radius 1 is 1.47 bits per heavy atom. The van der Waals surface area contributed by atoms with E-state index in [0.29, 0.717) is 5.58 Å². The number of fused-ring (bicyclic) bond motifs is 1. The maximum absolute atomic E-state index is 13.2. The first kappa shape index (κ1) is 12.6. The quantitative estimate of drug-likeness (QED) is 0.921. The monoisotopic (exact) mass is 262 g/mol. The number of halogens is 1. The molecule has 0 radical (unpaired) electrons. The number of aromatic nitrogens is 1. The molecule has 1 atom stereocenters. The molecule has 2 aromatic rings. The van der Waals surface area contributed by atoms with Gasteiger partial charge in [-0.3, -0.25) is 0 Å². The standard InChI is InChI=1S/C15H19FN2O/c1-2-6-15(7-3-8-17-10-15)14-18-12-5-4-11(16)9-13(12)19-14/h4-5,9,17H,2-3,6-8,10H2,1H3. The third-order valence-corrected chi connectivity index (χ3v) is 4.00. The van der Waals surface area contributed by atoms with E-state index in [-0.39, 0.29) is 11.2 Å². The van der Waals surface area contributed by atoms with Crippen molar-refractivity contribution in [3.8, 4) is 0 Å². The minimum atomic E-state index is -0.276. The van der Waals surface area contributed by atoms with Crippen molar-refractivity contribution in [2.24, 2.45) is 0 Å². The normalized spacial score (nSPS) is 23.9. The lowest BCUT2D eigenvalue weighted by Crippen LogP contribution is -2.43. The number of nitrogens with zero attached hydrogens (tertiary/aromatic N) is 1. The van der Waals surface area contributed by atoms with Crippen molar-refractivity contribution in [1.29, 1.82) is 0 Å². The highest BCUT2D eigenvalue weighted by Gasteiger charge is 2.37. The molecule has 0 bridgehead atoms. The Bertz CT molecular complexity index is 567. The van der Waals surface area contributed by atoms with Crippen LogP contribution in [0.25, 0.3) is 11.1 Å². The van der Waals surface area contributed by atoms with Gasteiger partial charge in [0.1, 0.15) is 11.3 Å². The topological polar surface area (TPSA) is 38.1 Å². The maximum atomic E-state index is 13.2. The molecule has 0 aliphatic carbocycles. The fraction of sp³-hybridized carbons (Fsp3) is 0.533. The van der Waals surface area contributed by atoms with E-state index in [9.17, 15) is 4.39 Å². The van der Waals surface area contributed by atoms with Crippen LogP contribution < -0.4 is 5.32 Å². The number of rotatable bonds is 3. The van der Waals surface area contributed by atoms with E-state index in [1.54, 1.807) is 6.07 Å². The van der Waals surface area contributed by atoms with Crippen LogP contribution in [0.1, 0.15) is 38.5 Å². The Kier molecular flexibility index (Phi) is 3.27. The van der Waals surface area contributed by atoms with Crippen LogP contribution in [-0.4, -0.2) is 18.1 Å². The third-order valence-electron chi connectivity index (χ3n) is 4.00. The second kappa shape index (κ2) is 4.93. The number of oxazole rings is 1. The van der Waals surface area contributed by atoms with Crippen LogP contribution in [0, 0.1) is 5.82 Å². The van der Waals surface area contributed by atoms with Crippen molar-refractivity contribution in [2.75, 3.05) is 13.1 Å². The zero-order valence-electron chi connectivity index (χ0n) is 11.2. The molecule has 2 heterocycles. The van der Waals surface area contributed by atoms with Crippen molar-refractivity contribution in [3.63, 3.8) is 0 Å². The van der Waals surface area contributed by atoms with Gasteiger partial charge in [0.05, 0.1) is 5.41 Å². The summed E-state index contributed by atoms with van der Waals surface area (Å²) in [4.78, 5) is 4.59. The van der Waals surface area contributed by atoms with Gasteiger partial charge in [0.15, 0.2) is 5.58 Å². The van der Waals surface area contributed by atoms with Crippen LogP contribution in [0.2, 0.25) is 0 Å². The van der Waals surface area contributed by atoms with Gasteiger partial charge in [-0.1, -0.05) is 13.3 Å². The Labute approximate surface area is 112 Å². The molecular weight excluding hydrogens is 243 g/mol. The predicted molar refractivity (Wildman–Crippen MR) is 72.7 cm³/mol. The largest absolute Gasteiger partial charge is 0.440 e. The van der Waals surface area contributed by atoms with Gasteiger partial charge in [0.2, 0.25) is 5.89 Å². The van der Waals surface area contributed by atoms with Crippen molar-refractivity contribution in [2.45, 2.75) is 38.0 Å². The number of piperidine rings is 1. The highest BCUT2D eigenvalue weighted by Crippen LogP contribution is 2.36. The molecule has 4 heteroatoms. The van der Waals surface area contributed by atoms with Gasteiger partial charge in [0.25, 0.3) is 0 Å². The summed E-state index contributed by atoms with van der Waals surface area (Å²) >= 11 is 0. The van der Waals surface area contributed by atoms with Crippen molar-refractivity contribution >= 4 is 11.1 Å². The SMILES string of the molecule is CCCC1(c2nc3ccc(F)cc3o2)CCCNC1. The summed E-state index contributed by atoms with van der Waals surface area (Å²) < 4.78 is 19.1. The maximum Gasteiger partial charge on any atom is 0.202 e. The Morgan fingerprint density at radius 2 is 2.37 bits per heavy atom. The first-order valence-corrected chi connectivity index (χ1v) is 7.01. The van der Waals surface area contributed by atoms with Crippen LogP contribution in [0.15, 0.2) is 22.6 Å². The van der Waals surface area contributed by atoms with E-state index in [2.05, 4.69) is 17.2 Å². The Hall–Kier alpha value is -1.42. The molecule has 3 rings (SSSR count). The molecule has 1 unspecified atom stereocenters. The minimum absolute atomic E-state index is 0.0253. The summed E-state index contributed by atoms with van der Waals surface area (Å²) in [5.74, 6) is 0.490. The van der Waals surface area contributed by atoms with E-state index in [1.165, 1.54) is 12.1 Å². The molecule has 1 aromatic heterocycles. The van der Waals surface area contributed by atoms with Gasteiger partial charge in [-0.25, -0.2) is 9.37 Å². The smallest absolute Gasteiger partial charge is 0.202 e. The van der Waals surface area contributed by atoms with E-state index in [0.717, 1.165) is 50.2 Å². The van der Waals surface area contributed by atoms with E-state index in [1.807, 2.05) is 0 Å². The number of hydrogen-bond acceptors (Lipinski definition) is 3. The van der Waals surface area contributed by atoms with Crippen molar-refractivity contribution in [3.05, 3.63) is 29.9 Å². The summed E-state index contributed by atoms with van der Waals surface area (Å²) in [6, 6.07) is 4.54. The van der Waals surface area contributed by atoms with Crippen LogP contribution in [-0.2, 0) is 5.41 Å². The molecule has 1 N–H and O–H groups in total. The van der Waals surface area contributed by atoms with Crippen molar-refractivity contribution in [1.82, 2.24) is 10.3 Å². The summed E-state index contributed by atoms with van der Waals surface area (Å²) in [5.41, 5.74) is 1.27. The second-order valence-electron chi connectivity index (χ2n) is 5.44. The van der Waals surface area contributed by atoms with Crippen LogP contribution in [0.3, 0.4) is 0 Å². The molecule has 0 amide bonds.